The molecular formula is C21H39NO. The van der Waals surface area contributed by atoms with Gasteiger partial charge in [-0.15, -0.1) is 0 Å². The molecule has 0 bridgehead atoms. The van der Waals surface area contributed by atoms with Gasteiger partial charge in [-0.25, -0.2) is 0 Å². The van der Waals surface area contributed by atoms with Gasteiger partial charge < -0.3 is 5.32 Å². The van der Waals surface area contributed by atoms with Crippen LogP contribution in [0, 0.1) is 0 Å². The van der Waals surface area contributed by atoms with Crippen LogP contribution in [0.3, 0.4) is 0 Å². The summed E-state index contributed by atoms with van der Waals surface area (Å²) in [5, 5.41) is 3.35. The van der Waals surface area contributed by atoms with E-state index in [2.05, 4.69) is 18.3 Å². The van der Waals surface area contributed by atoms with Gasteiger partial charge in [0.15, 0.2) is 5.78 Å². The van der Waals surface area contributed by atoms with Crippen molar-refractivity contribution in [2.24, 2.45) is 0 Å². The van der Waals surface area contributed by atoms with E-state index >= 15 is 0 Å². The number of allylic oxidation sites excluding steroid dienone is 1. The van der Waals surface area contributed by atoms with Crippen LogP contribution in [-0.4, -0.2) is 11.8 Å². The number of hydrogen-bond acceptors (Lipinski definition) is 2. The van der Waals surface area contributed by atoms with Crippen molar-refractivity contribution < 1.29 is 4.79 Å². The highest BCUT2D eigenvalue weighted by atomic mass is 16.1. The van der Waals surface area contributed by atoms with Crippen LogP contribution < -0.4 is 5.32 Å². The van der Waals surface area contributed by atoms with Crippen LogP contribution in [0.1, 0.15) is 110 Å². The lowest BCUT2D eigenvalue weighted by atomic mass is 10.0. The molecule has 0 unspecified atom stereocenters. The standard InChI is InChI=1S/C21H39NO/c1-3-4-5-6-7-8-9-10-11-12-13-14-15-16-20-17-18-21(22-20)19(2)23/h17,21-22H,3-16,18H2,1-2H3/t21-/m0/s1. The van der Waals surface area contributed by atoms with Crippen LogP contribution >= 0.6 is 0 Å². The van der Waals surface area contributed by atoms with E-state index in [1.807, 2.05) is 0 Å². The number of hydrogen-bond donors (Lipinski definition) is 1. The van der Waals surface area contributed by atoms with E-state index < -0.39 is 0 Å². The Bertz CT molecular complexity index is 335. The van der Waals surface area contributed by atoms with E-state index in [0.29, 0.717) is 0 Å². The zero-order valence-electron chi connectivity index (χ0n) is 15.7. The zero-order valence-corrected chi connectivity index (χ0v) is 15.7. The SMILES string of the molecule is CCCCCCCCCCCCCCCC1=CC[C@@H](C(C)=O)N1. The van der Waals surface area contributed by atoms with Crippen molar-refractivity contribution in [2.45, 2.75) is 116 Å². The molecule has 0 saturated heterocycles. The van der Waals surface area contributed by atoms with E-state index in [4.69, 9.17) is 0 Å². The predicted octanol–water partition coefficient (Wildman–Crippen LogP) is 6.30. The van der Waals surface area contributed by atoms with Gasteiger partial charge >= 0.3 is 0 Å². The van der Waals surface area contributed by atoms with Gasteiger partial charge in [0.1, 0.15) is 0 Å². The van der Waals surface area contributed by atoms with Gasteiger partial charge in [-0.2, -0.15) is 0 Å². The molecule has 1 rings (SSSR count). The Morgan fingerprint density at radius 1 is 0.913 bits per heavy atom. The molecule has 0 fully saturated rings. The monoisotopic (exact) mass is 321 g/mol. The Morgan fingerprint density at radius 2 is 1.39 bits per heavy atom. The van der Waals surface area contributed by atoms with E-state index in [-0.39, 0.29) is 11.8 Å². The van der Waals surface area contributed by atoms with Crippen LogP contribution in [0.5, 0.6) is 0 Å². The third kappa shape index (κ3) is 10.6. The summed E-state index contributed by atoms with van der Waals surface area (Å²) in [4.78, 5) is 11.3. The van der Waals surface area contributed by atoms with Gasteiger partial charge in [-0.05, 0) is 26.2 Å². The molecule has 2 heteroatoms. The molecule has 0 aromatic carbocycles. The second-order valence-electron chi connectivity index (χ2n) is 7.27. The molecule has 0 radical (unpaired) electrons. The number of rotatable bonds is 15. The number of nitrogens with one attached hydrogen (secondary N) is 1. The minimum Gasteiger partial charge on any atom is -0.379 e. The molecule has 1 aliphatic heterocycles. The Balaban J connectivity index is 1.78. The lowest BCUT2D eigenvalue weighted by Gasteiger charge is -2.10. The Kier molecular flexibility index (Phi) is 12.0. The molecule has 23 heavy (non-hydrogen) atoms. The molecule has 1 aliphatic rings. The Labute approximate surface area is 144 Å². The molecule has 0 aromatic heterocycles. The van der Waals surface area contributed by atoms with Gasteiger partial charge in [0.2, 0.25) is 0 Å². The highest BCUT2D eigenvalue weighted by molar-refractivity contribution is 5.82. The first-order chi connectivity index (χ1) is 11.2. The molecule has 0 saturated carbocycles. The first kappa shape index (κ1) is 20.3. The third-order valence-corrected chi connectivity index (χ3v) is 5.00. The molecule has 134 valence electrons. The van der Waals surface area contributed by atoms with E-state index in [1.54, 1.807) is 6.92 Å². The highest BCUT2D eigenvalue weighted by Gasteiger charge is 2.18. The maximum atomic E-state index is 11.3. The predicted molar refractivity (Wildman–Crippen MR) is 101 cm³/mol. The third-order valence-electron chi connectivity index (χ3n) is 5.00. The molecule has 0 aliphatic carbocycles. The highest BCUT2D eigenvalue weighted by Crippen LogP contribution is 2.17. The smallest absolute Gasteiger partial charge is 0.152 e. The number of carbonyl (C=O) groups excluding carboxylic acids is 1. The van der Waals surface area contributed by atoms with Gasteiger partial charge in [-0.3, -0.25) is 4.79 Å². The minimum atomic E-state index is 0.0620. The van der Waals surface area contributed by atoms with Crippen LogP contribution in [0.15, 0.2) is 11.8 Å². The lowest BCUT2D eigenvalue weighted by Crippen LogP contribution is -2.29. The van der Waals surface area contributed by atoms with Gasteiger partial charge in [0.25, 0.3) is 0 Å². The second kappa shape index (κ2) is 13.6. The summed E-state index contributed by atoms with van der Waals surface area (Å²) in [6, 6.07) is 0.0620. The fourth-order valence-corrected chi connectivity index (χ4v) is 3.38. The first-order valence-corrected chi connectivity index (χ1v) is 10.2. The molecule has 0 amide bonds. The van der Waals surface area contributed by atoms with Crippen molar-refractivity contribution >= 4 is 5.78 Å². The van der Waals surface area contributed by atoms with Crippen molar-refractivity contribution in [2.75, 3.05) is 0 Å². The molecular weight excluding hydrogens is 282 g/mol. The summed E-state index contributed by atoms with van der Waals surface area (Å²) in [6.45, 7) is 3.96. The van der Waals surface area contributed by atoms with Crippen molar-refractivity contribution in [3.63, 3.8) is 0 Å². The first-order valence-electron chi connectivity index (χ1n) is 10.2. The Hall–Kier alpha value is -0.790. The van der Waals surface area contributed by atoms with Crippen molar-refractivity contribution in [1.29, 1.82) is 0 Å². The van der Waals surface area contributed by atoms with Crippen LogP contribution in [0.25, 0.3) is 0 Å². The molecule has 1 N–H and O–H groups in total. The zero-order chi connectivity index (χ0) is 16.8. The van der Waals surface area contributed by atoms with Crippen LogP contribution in [0.4, 0.5) is 0 Å². The summed E-state index contributed by atoms with van der Waals surface area (Å²) >= 11 is 0. The summed E-state index contributed by atoms with van der Waals surface area (Å²) in [6.07, 6.45) is 22.4. The maximum absolute atomic E-state index is 11.3. The van der Waals surface area contributed by atoms with E-state index in [0.717, 1.165) is 12.8 Å². The fraction of sp³-hybridized carbons (Fsp3) is 0.857. The summed E-state index contributed by atoms with van der Waals surface area (Å²) < 4.78 is 0. The number of ketones is 1. The van der Waals surface area contributed by atoms with Gasteiger partial charge in [-0.1, -0.05) is 90.0 Å². The number of Topliss-reactive ketones (excluding diaryl/α,β-unsaturated/α-hetero) is 1. The largest absolute Gasteiger partial charge is 0.379 e. The summed E-state index contributed by atoms with van der Waals surface area (Å²) in [7, 11) is 0. The molecule has 0 aromatic rings. The minimum absolute atomic E-state index is 0.0620. The Morgan fingerprint density at radius 3 is 1.83 bits per heavy atom. The van der Waals surface area contributed by atoms with Crippen molar-refractivity contribution in [3.8, 4) is 0 Å². The van der Waals surface area contributed by atoms with Gasteiger partial charge in [0, 0.05) is 5.70 Å². The average molecular weight is 322 g/mol. The normalized spacial score (nSPS) is 17.1. The fourth-order valence-electron chi connectivity index (χ4n) is 3.38. The van der Waals surface area contributed by atoms with Crippen LogP contribution in [-0.2, 0) is 4.79 Å². The average Bonchev–Trinajstić information content (AvgIpc) is 3.01. The summed E-state index contributed by atoms with van der Waals surface area (Å²) in [5.74, 6) is 0.265. The molecule has 0 spiro atoms. The second-order valence-corrected chi connectivity index (χ2v) is 7.27. The maximum Gasteiger partial charge on any atom is 0.152 e. The quantitative estimate of drug-likeness (QED) is 0.358. The lowest BCUT2D eigenvalue weighted by molar-refractivity contribution is -0.118. The topological polar surface area (TPSA) is 29.1 Å². The van der Waals surface area contributed by atoms with E-state index in [1.165, 1.54) is 89.2 Å². The van der Waals surface area contributed by atoms with Gasteiger partial charge in [0.05, 0.1) is 6.04 Å². The van der Waals surface area contributed by atoms with Crippen LogP contribution in [0.2, 0.25) is 0 Å². The number of carbonyl (C=O) groups is 1. The molecule has 1 heterocycles. The summed E-state index contributed by atoms with van der Waals surface area (Å²) in [5.41, 5.74) is 1.30. The van der Waals surface area contributed by atoms with Crippen molar-refractivity contribution in [1.82, 2.24) is 5.32 Å². The number of unbranched alkanes of at least 4 members (excludes halogenated alkanes) is 12. The van der Waals surface area contributed by atoms with Crippen molar-refractivity contribution in [3.05, 3.63) is 11.8 Å². The molecule has 2 nitrogen and oxygen atoms in total. The molecule has 1 atom stereocenters. The van der Waals surface area contributed by atoms with E-state index in [9.17, 15) is 4.79 Å².